The predicted molar refractivity (Wildman–Crippen MR) is 103 cm³/mol. The lowest BCUT2D eigenvalue weighted by molar-refractivity contribution is -0.151. The maximum absolute atomic E-state index is 12.8. The lowest BCUT2D eigenvalue weighted by Crippen LogP contribution is -2.34. The van der Waals surface area contributed by atoms with Gasteiger partial charge in [-0.3, -0.25) is 9.59 Å². The molecule has 0 heterocycles. The van der Waals surface area contributed by atoms with Crippen molar-refractivity contribution >= 4 is 28.9 Å². The van der Waals surface area contributed by atoms with Crippen molar-refractivity contribution in [1.82, 2.24) is 0 Å². The zero-order valence-electron chi connectivity index (χ0n) is 14.9. The minimum absolute atomic E-state index is 0.227. The molecule has 0 saturated heterocycles. The number of hydrogen-bond donors (Lipinski definition) is 0. The number of rotatable bonds is 4. The van der Waals surface area contributed by atoms with Gasteiger partial charge in [0.2, 0.25) is 0 Å². The highest BCUT2D eigenvalue weighted by Crippen LogP contribution is 2.42. The van der Waals surface area contributed by atoms with Gasteiger partial charge in [0.1, 0.15) is 5.92 Å². The average Bonchev–Trinajstić information content (AvgIpc) is 2.62. The summed E-state index contributed by atoms with van der Waals surface area (Å²) in [4.78, 5) is 25.3. The minimum atomic E-state index is -0.857. The molecule has 0 N–H and O–H groups in total. The van der Waals surface area contributed by atoms with Gasteiger partial charge in [-0.1, -0.05) is 59.6 Å². The first-order valence-electron chi connectivity index (χ1n) is 8.73. The maximum Gasteiger partial charge on any atom is 0.317 e. The Morgan fingerprint density at radius 2 is 1.85 bits per heavy atom. The molecule has 0 aromatic heterocycles. The van der Waals surface area contributed by atoms with E-state index in [4.69, 9.17) is 16.3 Å². The van der Waals surface area contributed by atoms with Crippen molar-refractivity contribution in [1.29, 1.82) is 0 Å². The number of benzene rings is 2. The summed E-state index contributed by atoms with van der Waals surface area (Å²) < 4.78 is 5.17. The van der Waals surface area contributed by atoms with Gasteiger partial charge in [0.05, 0.1) is 6.61 Å². The molecule has 0 spiro atoms. The fourth-order valence-electron chi connectivity index (χ4n) is 3.42. The Balaban J connectivity index is 2.04. The quantitative estimate of drug-likeness (QED) is 0.565. The van der Waals surface area contributed by atoms with Crippen LogP contribution in [0.3, 0.4) is 0 Å². The molecule has 4 heteroatoms. The lowest BCUT2D eigenvalue weighted by Gasteiger charge is -2.30. The Hall–Kier alpha value is -2.39. The average molecular weight is 369 g/mol. The summed E-state index contributed by atoms with van der Waals surface area (Å²) in [6.07, 6.45) is 2.14. The van der Waals surface area contributed by atoms with Crippen LogP contribution in [0.5, 0.6) is 0 Å². The zero-order chi connectivity index (χ0) is 18.7. The summed E-state index contributed by atoms with van der Waals surface area (Å²) in [5, 5.41) is 0.560. The van der Waals surface area contributed by atoms with Crippen LogP contribution in [-0.2, 0) is 14.3 Å². The number of carbonyl (C=O) groups excluding carboxylic acids is 2. The standard InChI is InChI=1S/C22H21ClO3/c1-3-26-22(25)21-18(17-6-4-5-7-19(17)23)12-16(13-20(21)24)15-10-8-14(2)9-11-15/h4-11,13,18,21H,3,12H2,1-2H3/t18-,21-/m0/s1. The highest BCUT2D eigenvalue weighted by molar-refractivity contribution is 6.31. The molecule has 0 unspecified atom stereocenters. The molecule has 0 saturated carbocycles. The first kappa shape index (κ1) is 18.4. The predicted octanol–water partition coefficient (Wildman–Crippen LogP) is 4.97. The summed E-state index contributed by atoms with van der Waals surface area (Å²) >= 11 is 6.38. The molecular weight excluding hydrogens is 348 g/mol. The SMILES string of the molecule is CCOC(=O)[C@@H]1C(=O)C=C(c2ccc(C)cc2)C[C@H]1c1ccccc1Cl. The molecule has 3 nitrogen and oxygen atoms in total. The number of esters is 1. The first-order valence-corrected chi connectivity index (χ1v) is 9.11. The summed E-state index contributed by atoms with van der Waals surface area (Å²) in [7, 11) is 0. The van der Waals surface area contributed by atoms with Gasteiger partial charge in [-0.2, -0.15) is 0 Å². The van der Waals surface area contributed by atoms with Gasteiger partial charge in [-0.15, -0.1) is 0 Å². The Morgan fingerprint density at radius 1 is 1.15 bits per heavy atom. The van der Waals surface area contributed by atoms with Crippen LogP contribution in [0, 0.1) is 12.8 Å². The number of carbonyl (C=O) groups is 2. The van der Waals surface area contributed by atoms with E-state index in [9.17, 15) is 9.59 Å². The molecule has 0 amide bonds. The number of allylic oxidation sites excluding steroid dienone is 2. The second-order valence-electron chi connectivity index (χ2n) is 6.50. The Labute approximate surface area is 158 Å². The molecule has 26 heavy (non-hydrogen) atoms. The van der Waals surface area contributed by atoms with Gasteiger partial charge in [0.25, 0.3) is 0 Å². The molecule has 3 rings (SSSR count). The van der Waals surface area contributed by atoms with Gasteiger partial charge in [-0.05, 0) is 49.1 Å². The largest absolute Gasteiger partial charge is 0.465 e. The molecule has 2 aromatic rings. The summed E-state index contributed by atoms with van der Waals surface area (Å²) in [6, 6.07) is 15.4. The monoisotopic (exact) mass is 368 g/mol. The number of halogens is 1. The van der Waals surface area contributed by atoms with Crippen LogP contribution in [0.4, 0.5) is 0 Å². The van der Waals surface area contributed by atoms with Gasteiger partial charge in [-0.25, -0.2) is 0 Å². The molecule has 1 aliphatic rings. The Kier molecular flexibility index (Phi) is 5.58. The normalized spacial score (nSPS) is 19.8. The molecule has 0 fully saturated rings. The summed E-state index contributed by atoms with van der Waals surface area (Å²) in [5.74, 6) is -1.91. The van der Waals surface area contributed by atoms with E-state index in [0.717, 1.165) is 22.3 Å². The number of ketones is 1. The second kappa shape index (κ2) is 7.88. The van der Waals surface area contributed by atoms with E-state index in [1.807, 2.05) is 49.4 Å². The Bertz CT molecular complexity index is 852. The van der Waals surface area contributed by atoms with Crippen molar-refractivity contribution in [3.8, 4) is 0 Å². The van der Waals surface area contributed by atoms with Crippen molar-refractivity contribution in [2.75, 3.05) is 6.61 Å². The van der Waals surface area contributed by atoms with Crippen LogP contribution >= 0.6 is 11.6 Å². The van der Waals surface area contributed by atoms with Crippen LogP contribution in [-0.4, -0.2) is 18.4 Å². The molecule has 0 aliphatic heterocycles. The lowest BCUT2D eigenvalue weighted by atomic mass is 9.73. The second-order valence-corrected chi connectivity index (χ2v) is 6.91. The number of hydrogen-bond acceptors (Lipinski definition) is 3. The van der Waals surface area contributed by atoms with Gasteiger partial charge >= 0.3 is 5.97 Å². The molecule has 2 aromatic carbocycles. The smallest absolute Gasteiger partial charge is 0.317 e. The van der Waals surface area contributed by atoms with Crippen molar-refractivity contribution in [2.45, 2.75) is 26.2 Å². The summed E-state index contributed by atoms with van der Waals surface area (Å²) in [5.41, 5.74) is 3.87. The van der Waals surface area contributed by atoms with Gasteiger partial charge in [0, 0.05) is 10.9 Å². The third-order valence-electron chi connectivity index (χ3n) is 4.73. The maximum atomic E-state index is 12.8. The van der Waals surface area contributed by atoms with Crippen LogP contribution < -0.4 is 0 Å². The third-order valence-corrected chi connectivity index (χ3v) is 5.08. The summed E-state index contributed by atoms with van der Waals surface area (Å²) in [6.45, 7) is 4.00. The molecule has 134 valence electrons. The van der Waals surface area contributed by atoms with E-state index in [-0.39, 0.29) is 18.3 Å². The number of aryl methyl sites for hydroxylation is 1. The fourth-order valence-corrected chi connectivity index (χ4v) is 3.70. The van der Waals surface area contributed by atoms with Crippen LogP contribution in [0.15, 0.2) is 54.6 Å². The Morgan fingerprint density at radius 3 is 2.50 bits per heavy atom. The van der Waals surface area contributed by atoms with E-state index in [1.54, 1.807) is 19.1 Å². The molecule has 0 radical (unpaired) electrons. The number of ether oxygens (including phenoxy) is 1. The first-order chi connectivity index (χ1) is 12.5. The molecule has 0 bridgehead atoms. The van der Waals surface area contributed by atoms with Crippen molar-refractivity contribution < 1.29 is 14.3 Å². The molecule has 1 aliphatic carbocycles. The van der Waals surface area contributed by atoms with Crippen molar-refractivity contribution in [2.24, 2.45) is 5.92 Å². The van der Waals surface area contributed by atoms with Crippen LogP contribution in [0.1, 0.15) is 36.0 Å². The molecule has 2 atom stereocenters. The van der Waals surface area contributed by atoms with E-state index in [2.05, 4.69) is 0 Å². The highest BCUT2D eigenvalue weighted by atomic mass is 35.5. The van der Waals surface area contributed by atoms with Crippen LogP contribution in [0.2, 0.25) is 5.02 Å². The highest BCUT2D eigenvalue weighted by Gasteiger charge is 2.40. The van der Waals surface area contributed by atoms with Gasteiger partial charge in [0.15, 0.2) is 5.78 Å². The third kappa shape index (κ3) is 3.73. The van der Waals surface area contributed by atoms with E-state index < -0.39 is 11.9 Å². The van der Waals surface area contributed by atoms with Crippen LogP contribution in [0.25, 0.3) is 5.57 Å². The topological polar surface area (TPSA) is 43.4 Å². The van der Waals surface area contributed by atoms with Crippen molar-refractivity contribution in [3.63, 3.8) is 0 Å². The van der Waals surface area contributed by atoms with E-state index in [0.29, 0.717) is 11.4 Å². The van der Waals surface area contributed by atoms with E-state index >= 15 is 0 Å². The molecular formula is C22H21ClO3. The van der Waals surface area contributed by atoms with Gasteiger partial charge < -0.3 is 4.74 Å². The zero-order valence-corrected chi connectivity index (χ0v) is 15.6. The minimum Gasteiger partial charge on any atom is -0.465 e. The van der Waals surface area contributed by atoms with Crippen molar-refractivity contribution in [3.05, 3.63) is 76.3 Å². The fraction of sp³-hybridized carbons (Fsp3) is 0.273. The van der Waals surface area contributed by atoms with E-state index in [1.165, 1.54) is 0 Å².